The zero-order valence-electron chi connectivity index (χ0n) is 16.1. The molecule has 5 atom stereocenters. The van der Waals surface area contributed by atoms with Crippen LogP contribution in [0.2, 0.25) is 0 Å². The first kappa shape index (κ1) is 17.3. The topological polar surface area (TPSA) is 65.6 Å². The number of aromatic amines is 1. The van der Waals surface area contributed by atoms with Crippen molar-refractivity contribution in [2.75, 3.05) is 20.2 Å². The number of piperidine rings is 2. The highest BCUT2D eigenvalue weighted by molar-refractivity contribution is 5.92. The zero-order valence-corrected chi connectivity index (χ0v) is 16.1. The number of aromatic nitrogens is 1. The Bertz CT molecular complexity index is 904. The van der Waals surface area contributed by atoms with Crippen molar-refractivity contribution in [2.45, 2.75) is 50.7 Å². The minimum Gasteiger partial charge on any atom is -0.468 e. The summed E-state index contributed by atoms with van der Waals surface area (Å²) in [5.74, 6) is 0.990. The second-order valence-electron chi connectivity index (χ2n) is 8.64. The summed E-state index contributed by atoms with van der Waals surface area (Å²) in [6.45, 7) is 4.37. The molecule has 1 aromatic heterocycles. The Balaban J connectivity index is 1.79. The van der Waals surface area contributed by atoms with Crippen molar-refractivity contribution in [1.82, 2.24) is 9.88 Å². The fraction of sp³-hybridized carbons (Fsp3) is 0.591. The predicted octanol–water partition coefficient (Wildman–Crippen LogP) is 2.75. The van der Waals surface area contributed by atoms with Crippen molar-refractivity contribution in [1.29, 1.82) is 0 Å². The molecule has 0 radical (unpaired) electrons. The van der Waals surface area contributed by atoms with Gasteiger partial charge in [-0.1, -0.05) is 19.4 Å². The summed E-state index contributed by atoms with van der Waals surface area (Å²) >= 11 is 0. The molecule has 6 rings (SSSR count). The highest BCUT2D eigenvalue weighted by atomic mass is 16.5. The van der Waals surface area contributed by atoms with Crippen LogP contribution in [0.5, 0.6) is 0 Å². The van der Waals surface area contributed by atoms with E-state index in [1.54, 1.807) is 0 Å². The molecule has 5 nitrogen and oxygen atoms in total. The number of aliphatic hydroxyl groups is 1. The van der Waals surface area contributed by atoms with Gasteiger partial charge in [0.2, 0.25) is 0 Å². The summed E-state index contributed by atoms with van der Waals surface area (Å²) in [5, 5.41) is 10.7. The fourth-order valence-electron chi connectivity index (χ4n) is 6.46. The van der Waals surface area contributed by atoms with Gasteiger partial charge in [0.1, 0.15) is 5.41 Å². The van der Waals surface area contributed by atoms with Crippen molar-refractivity contribution in [3.8, 4) is 0 Å². The number of methoxy groups -OCH3 is 1. The molecule has 3 fully saturated rings. The van der Waals surface area contributed by atoms with Gasteiger partial charge in [-0.05, 0) is 54.4 Å². The van der Waals surface area contributed by atoms with Crippen LogP contribution in [0.4, 0.5) is 0 Å². The summed E-state index contributed by atoms with van der Waals surface area (Å²) in [7, 11) is 1.53. The number of esters is 1. The predicted molar refractivity (Wildman–Crippen MR) is 103 cm³/mol. The number of nitrogens with zero attached hydrogens (tertiary/aromatic N) is 1. The van der Waals surface area contributed by atoms with Crippen molar-refractivity contribution >= 4 is 16.9 Å². The van der Waals surface area contributed by atoms with Crippen LogP contribution in [0, 0.1) is 11.8 Å². The van der Waals surface area contributed by atoms with Gasteiger partial charge >= 0.3 is 5.97 Å². The average molecular weight is 368 g/mol. The van der Waals surface area contributed by atoms with E-state index in [9.17, 15) is 9.90 Å². The Kier molecular flexibility index (Phi) is 3.89. The Hall–Kier alpha value is -1.85. The highest BCUT2D eigenvalue weighted by Gasteiger charge is 2.62. The second kappa shape index (κ2) is 6.08. The van der Waals surface area contributed by atoms with Crippen LogP contribution in [-0.4, -0.2) is 47.2 Å². The summed E-state index contributed by atoms with van der Waals surface area (Å²) < 4.78 is 5.44. The quantitative estimate of drug-likeness (QED) is 0.818. The van der Waals surface area contributed by atoms with E-state index in [1.807, 2.05) is 12.1 Å². The number of H-pyrrole nitrogens is 1. The van der Waals surface area contributed by atoms with Crippen LogP contribution in [-0.2, 0) is 28.0 Å². The van der Waals surface area contributed by atoms with Crippen LogP contribution >= 0.6 is 0 Å². The number of carbonyl (C=O) groups excluding carboxylic acids is 1. The van der Waals surface area contributed by atoms with E-state index >= 15 is 0 Å². The third-order valence-corrected chi connectivity index (χ3v) is 7.41. The molecule has 27 heavy (non-hydrogen) atoms. The van der Waals surface area contributed by atoms with Crippen molar-refractivity contribution < 1.29 is 14.6 Å². The number of benzene rings is 1. The van der Waals surface area contributed by atoms with Crippen LogP contribution in [0.15, 0.2) is 18.2 Å². The normalized spacial score (nSPS) is 34.3. The maximum Gasteiger partial charge on any atom is 0.319 e. The van der Waals surface area contributed by atoms with Crippen molar-refractivity contribution in [3.63, 3.8) is 0 Å². The molecule has 4 bridgehead atoms. The van der Waals surface area contributed by atoms with E-state index in [0.29, 0.717) is 11.8 Å². The fourth-order valence-corrected chi connectivity index (χ4v) is 6.46. The first-order chi connectivity index (χ1) is 13.1. The molecular formula is C22H28N2O3. The number of rotatable bonds is 3. The molecule has 0 spiro atoms. The lowest BCUT2D eigenvalue weighted by atomic mass is 9.56. The number of ether oxygens (including phenoxy) is 1. The summed E-state index contributed by atoms with van der Waals surface area (Å²) in [6.07, 6.45) is 4.13. The van der Waals surface area contributed by atoms with Gasteiger partial charge in [0.25, 0.3) is 0 Å². The van der Waals surface area contributed by atoms with Gasteiger partial charge < -0.3 is 14.8 Å². The molecule has 1 aromatic carbocycles. The first-order valence-corrected chi connectivity index (χ1v) is 10.2. The number of hydrogen-bond acceptors (Lipinski definition) is 4. The molecule has 1 saturated carbocycles. The van der Waals surface area contributed by atoms with Gasteiger partial charge in [0, 0.05) is 35.7 Å². The summed E-state index contributed by atoms with van der Waals surface area (Å²) in [6, 6.07) is 6.29. The molecule has 4 aliphatic rings. The molecule has 2 N–H and O–H groups in total. The summed E-state index contributed by atoms with van der Waals surface area (Å²) in [5.41, 5.74) is 3.70. The molecule has 5 heteroatoms. The van der Waals surface area contributed by atoms with E-state index < -0.39 is 5.41 Å². The third-order valence-electron chi connectivity index (χ3n) is 7.41. The van der Waals surface area contributed by atoms with E-state index in [1.165, 1.54) is 19.1 Å². The van der Waals surface area contributed by atoms with E-state index in [4.69, 9.17) is 4.74 Å². The Morgan fingerprint density at radius 1 is 1.44 bits per heavy atom. The molecule has 3 aliphatic heterocycles. The Morgan fingerprint density at radius 2 is 2.30 bits per heavy atom. The molecular weight excluding hydrogens is 340 g/mol. The van der Waals surface area contributed by atoms with Gasteiger partial charge in [-0.2, -0.15) is 0 Å². The maximum atomic E-state index is 13.4. The summed E-state index contributed by atoms with van der Waals surface area (Å²) in [4.78, 5) is 19.6. The van der Waals surface area contributed by atoms with Gasteiger partial charge in [0.05, 0.1) is 13.7 Å². The third kappa shape index (κ3) is 2.21. The Morgan fingerprint density at radius 3 is 3.04 bits per heavy atom. The van der Waals surface area contributed by atoms with Crippen LogP contribution in [0.3, 0.4) is 0 Å². The number of fused-ring (bicyclic) bond motifs is 4. The highest BCUT2D eigenvalue weighted by Crippen LogP contribution is 2.55. The van der Waals surface area contributed by atoms with Crippen LogP contribution < -0.4 is 0 Å². The van der Waals surface area contributed by atoms with E-state index in [2.05, 4.69) is 22.9 Å². The molecule has 0 amide bonds. The lowest BCUT2D eigenvalue weighted by Gasteiger charge is -2.57. The monoisotopic (exact) mass is 368 g/mol. The van der Waals surface area contributed by atoms with Crippen LogP contribution in [0.1, 0.15) is 43.0 Å². The molecule has 1 aliphatic carbocycles. The van der Waals surface area contributed by atoms with E-state index in [0.717, 1.165) is 54.5 Å². The number of nitrogens with one attached hydrogen (secondary N) is 1. The minimum atomic E-state index is -0.596. The smallest absolute Gasteiger partial charge is 0.319 e. The number of aliphatic hydroxyl groups excluding tert-OH is 1. The largest absolute Gasteiger partial charge is 0.468 e. The molecule has 4 heterocycles. The minimum absolute atomic E-state index is 0.0345. The molecule has 144 valence electrons. The number of hydrogen-bond donors (Lipinski definition) is 2. The Labute approximate surface area is 159 Å². The van der Waals surface area contributed by atoms with Crippen LogP contribution in [0.25, 0.3) is 10.9 Å². The molecule has 2 saturated heterocycles. The maximum absolute atomic E-state index is 13.4. The van der Waals surface area contributed by atoms with E-state index in [-0.39, 0.29) is 18.6 Å². The lowest BCUT2D eigenvalue weighted by Crippen LogP contribution is -2.67. The second-order valence-corrected chi connectivity index (χ2v) is 8.64. The lowest BCUT2D eigenvalue weighted by molar-refractivity contribution is -0.162. The van der Waals surface area contributed by atoms with Gasteiger partial charge in [-0.3, -0.25) is 9.69 Å². The van der Waals surface area contributed by atoms with Gasteiger partial charge in [-0.25, -0.2) is 0 Å². The molecule has 2 aromatic rings. The molecule has 5 unspecified atom stereocenters. The van der Waals surface area contributed by atoms with Gasteiger partial charge in [-0.15, -0.1) is 0 Å². The van der Waals surface area contributed by atoms with Crippen molar-refractivity contribution in [3.05, 3.63) is 35.0 Å². The first-order valence-electron chi connectivity index (χ1n) is 10.2. The average Bonchev–Trinajstić information content (AvgIpc) is 3.04. The SMILES string of the molecule is CCC1CC2CN3CCc4c([nH]c5ccc(CO)cc45)C(C(=O)OC)(C2)C13. The van der Waals surface area contributed by atoms with Crippen molar-refractivity contribution in [2.24, 2.45) is 11.8 Å². The van der Waals surface area contributed by atoms with Gasteiger partial charge in [0.15, 0.2) is 0 Å². The zero-order chi connectivity index (χ0) is 18.8. The number of carbonyl (C=O) groups is 1. The standard InChI is InChI=1S/C22H28N2O3/c1-3-15-8-14-10-22(21(26)27-2)19-16(6-7-24(11-14)20(15)22)17-9-13(12-25)4-5-18(17)23-19/h4-5,9,14-15,20,23,25H,3,6-8,10-12H2,1-2H3.